The maximum absolute atomic E-state index is 13.1. The van der Waals surface area contributed by atoms with Crippen molar-refractivity contribution < 1.29 is 9.18 Å². The number of benzene rings is 3. The monoisotopic (exact) mass is 469 g/mol. The summed E-state index contributed by atoms with van der Waals surface area (Å²) >= 11 is 0. The normalized spacial score (nSPS) is 10.8. The molecule has 0 saturated carbocycles. The van der Waals surface area contributed by atoms with Crippen LogP contribution in [0.4, 0.5) is 15.9 Å². The van der Waals surface area contributed by atoms with Gasteiger partial charge in [0.1, 0.15) is 5.82 Å². The van der Waals surface area contributed by atoms with Gasteiger partial charge >= 0.3 is 0 Å². The third-order valence-corrected chi connectivity index (χ3v) is 5.50. The van der Waals surface area contributed by atoms with Crippen LogP contribution in [0.25, 0.3) is 11.3 Å². The van der Waals surface area contributed by atoms with E-state index in [1.54, 1.807) is 30.3 Å². The fourth-order valence-corrected chi connectivity index (χ4v) is 3.69. The number of halogens is 1. The first kappa shape index (κ1) is 24.0. The molecule has 0 aliphatic rings. The Morgan fingerprint density at radius 2 is 1.71 bits per heavy atom. The maximum atomic E-state index is 13.1. The number of nitrogens with zero attached hydrogens (tertiary/aromatic N) is 3. The molecule has 7 heteroatoms. The van der Waals surface area contributed by atoms with Crippen molar-refractivity contribution in [3.63, 3.8) is 0 Å². The molecule has 0 saturated heterocycles. The van der Waals surface area contributed by atoms with E-state index >= 15 is 0 Å². The van der Waals surface area contributed by atoms with Gasteiger partial charge in [0.15, 0.2) is 5.82 Å². The van der Waals surface area contributed by atoms with E-state index in [0.717, 1.165) is 30.8 Å². The molecule has 4 aromatic rings. The molecule has 0 aliphatic carbocycles. The standard InChI is InChI=1S/C28H28FN5O/c1-34(20-21-7-3-2-4-8-21)18-6-17-30-28(35)23-9-5-10-25(19-23)31-27-16-15-26(32-33-27)22-11-13-24(29)14-12-22/h2-5,7-16,19H,6,17-18,20H2,1H3,(H,30,35)(H,31,33). The van der Waals surface area contributed by atoms with Crippen LogP contribution in [0.3, 0.4) is 0 Å². The van der Waals surface area contributed by atoms with Crippen LogP contribution in [0, 0.1) is 5.82 Å². The largest absolute Gasteiger partial charge is 0.352 e. The third-order valence-electron chi connectivity index (χ3n) is 5.50. The molecule has 2 N–H and O–H groups in total. The highest BCUT2D eigenvalue weighted by molar-refractivity contribution is 5.95. The van der Waals surface area contributed by atoms with Crippen molar-refractivity contribution in [3.05, 3.63) is 108 Å². The molecule has 0 spiro atoms. The summed E-state index contributed by atoms with van der Waals surface area (Å²) < 4.78 is 13.1. The van der Waals surface area contributed by atoms with Crippen LogP contribution in [-0.2, 0) is 6.54 Å². The molecule has 4 rings (SSSR count). The van der Waals surface area contributed by atoms with Gasteiger partial charge in [0, 0.05) is 29.9 Å². The van der Waals surface area contributed by atoms with Gasteiger partial charge in [0.2, 0.25) is 0 Å². The average Bonchev–Trinajstić information content (AvgIpc) is 2.88. The summed E-state index contributed by atoms with van der Waals surface area (Å²) in [6.45, 7) is 2.38. The molecule has 0 fully saturated rings. The fourth-order valence-electron chi connectivity index (χ4n) is 3.69. The highest BCUT2D eigenvalue weighted by atomic mass is 19.1. The van der Waals surface area contributed by atoms with Crippen LogP contribution in [0.15, 0.2) is 91.0 Å². The van der Waals surface area contributed by atoms with Gasteiger partial charge in [-0.15, -0.1) is 10.2 Å². The molecule has 0 atom stereocenters. The van der Waals surface area contributed by atoms with E-state index < -0.39 is 0 Å². The van der Waals surface area contributed by atoms with Crippen molar-refractivity contribution in [2.24, 2.45) is 0 Å². The Labute approximate surface area is 204 Å². The molecule has 0 radical (unpaired) electrons. The number of rotatable bonds is 10. The molecule has 35 heavy (non-hydrogen) atoms. The van der Waals surface area contributed by atoms with Crippen LogP contribution in [0.1, 0.15) is 22.3 Å². The molecule has 1 aromatic heterocycles. The second kappa shape index (κ2) is 11.9. The number of aromatic nitrogens is 2. The highest BCUT2D eigenvalue weighted by Gasteiger charge is 2.08. The number of amides is 1. The first-order valence-corrected chi connectivity index (χ1v) is 11.5. The van der Waals surface area contributed by atoms with E-state index in [0.29, 0.717) is 23.6 Å². The minimum absolute atomic E-state index is 0.114. The van der Waals surface area contributed by atoms with Crippen molar-refractivity contribution in [3.8, 4) is 11.3 Å². The zero-order valence-corrected chi connectivity index (χ0v) is 19.6. The van der Waals surface area contributed by atoms with Crippen LogP contribution in [-0.4, -0.2) is 41.1 Å². The molecule has 178 valence electrons. The molecule has 1 heterocycles. The van der Waals surface area contributed by atoms with E-state index in [-0.39, 0.29) is 11.7 Å². The zero-order chi connectivity index (χ0) is 24.5. The summed E-state index contributed by atoms with van der Waals surface area (Å²) in [5, 5.41) is 14.6. The van der Waals surface area contributed by atoms with E-state index in [1.165, 1.54) is 17.7 Å². The molecule has 0 bridgehead atoms. The fraction of sp³-hybridized carbons (Fsp3) is 0.179. The third kappa shape index (κ3) is 7.19. The van der Waals surface area contributed by atoms with Gasteiger partial charge in [-0.1, -0.05) is 36.4 Å². The number of carbonyl (C=O) groups excluding carboxylic acids is 1. The van der Waals surface area contributed by atoms with Gasteiger partial charge in [0.05, 0.1) is 5.69 Å². The van der Waals surface area contributed by atoms with Crippen molar-refractivity contribution >= 4 is 17.4 Å². The quantitative estimate of drug-likeness (QED) is 0.309. The van der Waals surface area contributed by atoms with E-state index in [9.17, 15) is 9.18 Å². The van der Waals surface area contributed by atoms with Crippen molar-refractivity contribution in [1.82, 2.24) is 20.4 Å². The van der Waals surface area contributed by atoms with Crippen LogP contribution < -0.4 is 10.6 Å². The average molecular weight is 470 g/mol. The Morgan fingerprint density at radius 1 is 0.914 bits per heavy atom. The van der Waals surface area contributed by atoms with E-state index in [2.05, 4.69) is 44.9 Å². The lowest BCUT2D eigenvalue weighted by molar-refractivity contribution is 0.0952. The lowest BCUT2D eigenvalue weighted by atomic mass is 10.1. The Hall–Kier alpha value is -4.10. The number of hydrogen-bond acceptors (Lipinski definition) is 5. The van der Waals surface area contributed by atoms with Gasteiger partial charge in [-0.2, -0.15) is 0 Å². The zero-order valence-electron chi connectivity index (χ0n) is 19.6. The molecular weight excluding hydrogens is 441 g/mol. The number of hydrogen-bond donors (Lipinski definition) is 2. The van der Waals surface area contributed by atoms with Gasteiger partial charge in [0.25, 0.3) is 5.91 Å². The summed E-state index contributed by atoms with van der Waals surface area (Å²) in [4.78, 5) is 14.8. The topological polar surface area (TPSA) is 70.2 Å². The number of carbonyl (C=O) groups is 1. The van der Waals surface area contributed by atoms with Crippen molar-refractivity contribution in [1.29, 1.82) is 0 Å². The first-order valence-electron chi connectivity index (χ1n) is 11.5. The molecule has 6 nitrogen and oxygen atoms in total. The molecule has 1 amide bonds. The number of nitrogens with one attached hydrogen (secondary N) is 2. The predicted octanol–water partition coefficient (Wildman–Crippen LogP) is 5.28. The van der Waals surface area contributed by atoms with Crippen molar-refractivity contribution in [2.75, 3.05) is 25.5 Å². The Bertz CT molecular complexity index is 1230. The lowest BCUT2D eigenvalue weighted by Crippen LogP contribution is -2.28. The summed E-state index contributed by atoms with van der Waals surface area (Å²) in [7, 11) is 2.08. The van der Waals surface area contributed by atoms with Crippen LogP contribution in [0.5, 0.6) is 0 Å². The summed E-state index contributed by atoms with van der Waals surface area (Å²) in [6, 6.07) is 27.3. The smallest absolute Gasteiger partial charge is 0.251 e. The molecular formula is C28H28FN5O. The second-order valence-corrected chi connectivity index (χ2v) is 8.35. The van der Waals surface area contributed by atoms with Gasteiger partial charge < -0.3 is 15.5 Å². The van der Waals surface area contributed by atoms with Gasteiger partial charge in [-0.25, -0.2) is 4.39 Å². The lowest BCUT2D eigenvalue weighted by Gasteiger charge is -2.16. The van der Waals surface area contributed by atoms with Gasteiger partial charge in [-0.05, 0) is 80.2 Å². The molecule has 0 unspecified atom stereocenters. The SMILES string of the molecule is CN(CCCNC(=O)c1cccc(Nc2ccc(-c3ccc(F)cc3)nn2)c1)Cc1ccccc1. The van der Waals surface area contributed by atoms with Crippen LogP contribution >= 0.6 is 0 Å². The molecule has 3 aromatic carbocycles. The first-order chi connectivity index (χ1) is 17.1. The minimum atomic E-state index is -0.292. The summed E-state index contributed by atoms with van der Waals surface area (Å²) in [6.07, 6.45) is 0.864. The van der Waals surface area contributed by atoms with E-state index in [1.807, 2.05) is 36.4 Å². The Morgan fingerprint density at radius 3 is 2.46 bits per heavy atom. The highest BCUT2D eigenvalue weighted by Crippen LogP contribution is 2.20. The Balaban J connectivity index is 1.25. The van der Waals surface area contributed by atoms with Gasteiger partial charge in [-0.3, -0.25) is 4.79 Å². The minimum Gasteiger partial charge on any atom is -0.352 e. The summed E-state index contributed by atoms with van der Waals surface area (Å²) in [5.74, 6) is 0.145. The molecule has 0 aliphatic heterocycles. The Kier molecular flexibility index (Phi) is 8.14. The van der Waals surface area contributed by atoms with E-state index in [4.69, 9.17) is 0 Å². The predicted molar refractivity (Wildman–Crippen MR) is 137 cm³/mol. The van der Waals surface area contributed by atoms with Crippen LogP contribution in [0.2, 0.25) is 0 Å². The van der Waals surface area contributed by atoms with Crippen molar-refractivity contribution in [2.45, 2.75) is 13.0 Å². The maximum Gasteiger partial charge on any atom is 0.251 e. The number of anilines is 2. The second-order valence-electron chi connectivity index (χ2n) is 8.35. The summed E-state index contributed by atoms with van der Waals surface area (Å²) in [5.41, 5.74) is 4.03.